The number of hydroxylamine groups is 1. The van der Waals surface area contributed by atoms with Crippen molar-refractivity contribution in [3.8, 4) is 0 Å². The molecule has 0 unspecified atom stereocenters. The molecular weight excluding hydrogens is 280 g/mol. The van der Waals surface area contributed by atoms with Crippen LogP contribution in [0.2, 0.25) is 0 Å². The fraction of sp³-hybridized carbons (Fsp3) is 0.625. The van der Waals surface area contributed by atoms with Crippen LogP contribution in [-0.4, -0.2) is 58.6 Å². The van der Waals surface area contributed by atoms with Crippen LogP contribution in [0, 0.1) is 5.41 Å². The molecule has 2 bridgehead atoms. The number of nitrogens with one attached hydrogen (secondary N) is 1. The van der Waals surface area contributed by atoms with Crippen LogP contribution in [0.5, 0.6) is 0 Å². The first-order valence-electron chi connectivity index (χ1n) is 7.93. The zero-order valence-corrected chi connectivity index (χ0v) is 12.9. The fourth-order valence-corrected chi connectivity index (χ4v) is 4.50. The first-order chi connectivity index (χ1) is 10.6. The lowest BCUT2D eigenvalue weighted by atomic mass is 9.69. The highest BCUT2D eigenvalue weighted by Crippen LogP contribution is 2.51. The third-order valence-electron chi connectivity index (χ3n) is 5.59. The van der Waals surface area contributed by atoms with Gasteiger partial charge >= 0.3 is 0 Å². The SMILES string of the molecule is CN1CC2(CN3CCc4ncc(C(=O)NO)cc4C3)CC1C2. The van der Waals surface area contributed by atoms with E-state index in [2.05, 4.69) is 21.8 Å². The van der Waals surface area contributed by atoms with Crippen LogP contribution in [0.3, 0.4) is 0 Å². The Hall–Kier alpha value is -1.50. The molecule has 4 heterocycles. The summed E-state index contributed by atoms with van der Waals surface area (Å²) in [5, 5.41) is 8.76. The molecule has 0 spiro atoms. The van der Waals surface area contributed by atoms with E-state index in [4.69, 9.17) is 5.21 Å². The van der Waals surface area contributed by atoms with E-state index in [0.717, 1.165) is 43.4 Å². The topological polar surface area (TPSA) is 68.7 Å². The summed E-state index contributed by atoms with van der Waals surface area (Å²) in [7, 11) is 2.23. The molecule has 118 valence electrons. The Morgan fingerprint density at radius 1 is 1.55 bits per heavy atom. The van der Waals surface area contributed by atoms with Crippen LogP contribution in [0.25, 0.3) is 0 Å². The summed E-state index contributed by atoms with van der Waals surface area (Å²) in [4.78, 5) is 20.9. The first kappa shape index (κ1) is 14.1. The maximum atomic E-state index is 11.5. The number of pyridine rings is 1. The summed E-state index contributed by atoms with van der Waals surface area (Å²) in [6.07, 6.45) is 5.14. The van der Waals surface area contributed by atoms with Gasteiger partial charge in [0.15, 0.2) is 0 Å². The number of fused-ring (bicyclic) bond motifs is 2. The Kier molecular flexibility index (Phi) is 3.21. The highest BCUT2D eigenvalue weighted by Gasteiger charge is 2.54. The van der Waals surface area contributed by atoms with E-state index in [-0.39, 0.29) is 0 Å². The summed E-state index contributed by atoms with van der Waals surface area (Å²) in [6, 6.07) is 2.67. The maximum absolute atomic E-state index is 11.5. The molecule has 1 aromatic heterocycles. The molecule has 3 fully saturated rings. The largest absolute Gasteiger partial charge is 0.303 e. The van der Waals surface area contributed by atoms with E-state index < -0.39 is 5.91 Å². The minimum atomic E-state index is -0.495. The predicted octanol–water partition coefficient (Wildman–Crippen LogP) is 0.653. The molecule has 0 aromatic carbocycles. The number of carbonyl (C=O) groups is 1. The van der Waals surface area contributed by atoms with E-state index in [1.165, 1.54) is 19.4 Å². The summed E-state index contributed by atoms with van der Waals surface area (Å²) >= 11 is 0. The van der Waals surface area contributed by atoms with Gasteiger partial charge in [0.25, 0.3) is 5.91 Å². The third kappa shape index (κ3) is 2.22. The van der Waals surface area contributed by atoms with Gasteiger partial charge in [-0.2, -0.15) is 0 Å². The first-order valence-corrected chi connectivity index (χ1v) is 7.93. The van der Waals surface area contributed by atoms with Gasteiger partial charge in [-0.25, -0.2) is 5.48 Å². The molecule has 22 heavy (non-hydrogen) atoms. The smallest absolute Gasteiger partial charge is 0.276 e. The normalized spacial score (nSPS) is 30.7. The second-order valence-electron chi connectivity index (χ2n) is 7.21. The van der Waals surface area contributed by atoms with Gasteiger partial charge in [-0.05, 0) is 36.9 Å². The van der Waals surface area contributed by atoms with Crippen LogP contribution in [0.1, 0.15) is 34.5 Å². The number of rotatable bonds is 3. The number of amides is 1. The third-order valence-corrected chi connectivity index (χ3v) is 5.59. The maximum Gasteiger partial charge on any atom is 0.276 e. The van der Waals surface area contributed by atoms with Crippen LogP contribution < -0.4 is 5.48 Å². The van der Waals surface area contributed by atoms with Crippen molar-refractivity contribution in [3.05, 3.63) is 29.1 Å². The van der Waals surface area contributed by atoms with Crippen molar-refractivity contribution in [2.24, 2.45) is 5.41 Å². The number of nitrogens with zero attached hydrogens (tertiary/aromatic N) is 3. The van der Waals surface area contributed by atoms with Crippen molar-refractivity contribution in [2.45, 2.75) is 31.8 Å². The molecule has 2 saturated heterocycles. The van der Waals surface area contributed by atoms with Crippen LogP contribution in [0.15, 0.2) is 12.3 Å². The van der Waals surface area contributed by atoms with Gasteiger partial charge in [-0.15, -0.1) is 0 Å². The van der Waals surface area contributed by atoms with Crippen molar-refractivity contribution >= 4 is 5.91 Å². The van der Waals surface area contributed by atoms with Gasteiger partial charge in [0.05, 0.1) is 5.56 Å². The Morgan fingerprint density at radius 3 is 3.05 bits per heavy atom. The second-order valence-corrected chi connectivity index (χ2v) is 7.21. The molecule has 4 aliphatic rings. The molecule has 5 rings (SSSR count). The van der Waals surface area contributed by atoms with E-state index in [9.17, 15) is 4.79 Å². The predicted molar refractivity (Wildman–Crippen MR) is 80.6 cm³/mol. The molecule has 6 nitrogen and oxygen atoms in total. The van der Waals surface area contributed by atoms with Gasteiger partial charge < -0.3 is 4.90 Å². The Labute approximate surface area is 130 Å². The Bertz CT molecular complexity index is 612. The van der Waals surface area contributed by atoms with Gasteiger partial charge in [0.1, 0.15) is 0 Å². The standard InChI is InChI=1S/C16H22N4O2/c1-19-9-16(5-13(19)6-16)10-20-3-2-14-12(8-20)4-11(7-17-14)15(21)18-22/h4,7,13,22H,2-3,5-6,8-10H2,1H3,(H,18,21). The number of hydrogen-bond acceptors (Lipinski definition) is 5. The van der Waals surface area contributed by atoms with E-state index in [0.29, 0.717) is 11.0 Å². The quantitative estimate of drug-likeness (QED) is 0.634. The molecule has 1 aromatic rings. The average Bonchev–Trinajstić information content (AvgIpc) is 2.97. The molecule has 1 saturated carbocycles. The molecule has 6 heteroatoms. The second kappa shape index (κ2) is 5.01. The average molecular weight is 302 g/mol. The van der Waals surface area contributed by atoms with Crippen molar-refractivity contribution in [1.29, 1.82) is 0 Å². The molecule has 3 aliphatic heterocycles. The van der Waals surface area contributed by atoms with Crippen LogP contribution in [-0.2, 0) is 13.0 Å². The zero-order valence-electron chi connectivity index (χ0n) is 12.9. The van der Waals surface area contributed by atoms with Crippen LogP contribution in [0.4, 0.5) is 0 Å². The van der Waals surface area contributed by atoms with E-state index >= 15 is 0 Å². The highest BCUT2D eigenvalue weighted by atomic mass is 16.5. The lowest BCUT2D eigenvalue weighted by Crippen LogP contribution is -2.45. The number of hydrogen-bond donors (Lipinski definition) is 2. The minimum Gasteiger partial charge on any atom is -0.303 e. The van der Waals surface area contributed by atoms with Crippen LogP contribution >= 0.6 is 0 Å². The fourth-order valence-electron chi connectivity index (χ4n) is 4.50. The highest BCUT2D eigenvalue weighted by molar-refractivity contribution is 5.93. The Morgan fingerprint density at radius 2 is 2.36 bits per heavy atom. The van der Waals surface area contributed by atoms with Crippen molar-refractivity contribution in [1.82, 2.24) is 20.3 Å². The molecule has 1 amide bonds. The van der Waals surface area contributed by atoms with Gasteiger partial charge in [-0.1, -0.05) is 0 Å². The number of aromatic nitrogens is 1. The lowest BCUT2D eigenvalue weighted by molar-refractivity contribution is 0.0705. The summed E-state index contributed by atoms with van der Waals surface area (Å²) < 4.78 is 0. The van der Waals surface area contributed by atoms with Crippen molar-refractivity contribution < 1.29 is 10.0 Å². The molecule has 2 N–H and O–H groups in total. The van der Waals surface area contributed by atoms with Crippen molar-refractivity contribution in [3.63, 3.8) is 0 Å². The van der Waals surface area contributed by atoms with E-state index in [1.54, 1.807) is 11.7 Å². The summed E-state index contributed by atoms with van der Waals surface area (Å²) in [5.41, 5.74) is 4.79. The molecular formula is C16H22N4O2. The summed E-state index contributed by atoms with van der Waals surface area (Å²) in [5.74, 6) is -0.495. The van der Waals surface area contributed by atoms with Crippen molar-refractivity contribution in [2.75, 3.05) is 26.7 Å². The minimum absolute atomic E-state index is 0.422. The summed E-state index contributed by atoms with van der Waals surface area (Å²) in [6.45, 7) is 4.25. The Balaban J connectivity index is 1.48. The monoisotopic (exact) mass is 302 g/mol. The van der Waals surface area contributed by atoms with Gasteiger partial charge in [0, 0.05) is 50.5 Å². The molecule has 1 aliphatic carbocycles. The number of carbonyl (C=O) groups excluding carboxylic acids is 1. The molecule has 0 atom stereocenters. The zero-order chi connectivity index (χ0) is 15.3. The van der Waals surface area contributed by atoms with E-state index in [1.807, 2.05) is 6.07 Å². The van der Waals surface area contributed by atoms with Gasteiger partial charge in [-0.3, -0.25) is 19.9 Å². The lowest BCUT2D eigenvalue weighted by Gasteiger charge is -2.42. The molecule has 0 radical (unpaired) electrons. The van der Waals surface area contributed by atoms with Gasteiger partial charge in [0.2, 0.25) is 0 Å².